The molecular formula is C13H24N4O. The molecule has 1 aliphatic rings. The Morgan fingerprint density at radius 3 is 2.78 bits per heavy atom. The summed E-state index contributed by atoms with van der Waals surface area (Å²) in [4.78, 5) is 6.73. The molecular weight excluding hydrogens is 228 g/mol. The van der Waals surface area contributed by atoms with Gasteiger partial charge in [0.05, 0.1) is 6.54 Å². The van der Waals surface area contributed by atoms with Crippen molar-refractivity contribution in [1.82, 2.24) is 15.0 Å². The highest BCUT2D eigenvalue weighted by Gasteiger charge is 2.29. The quantitative estimate of drug-likeness (QED) is 0.864. The number of aryl methyl sites for hydroxylation is 1. The van der Waals surface area contributed by atoms with Crippen LogP contribution in [-0.2, 0) is 6.54 Å². The fourth-order valence-electron chi connectivity index (χ4n) is 2.99. The summed E-state index contributed by atoms with van der Waals surface area (Å²) in [5.74, 6) is 2.04. The summed E-state index contributed by atoms with van der Waals surface area (Å²) in [6.45, 7) is 6.57. The Labute approximate surface area is 109 Å². The van der Waals surface area contributed by atoms with Crippen LogP contribution in [0.25, 0.3) is 0 Å². The maximum atomic E-state index is 5.91. The highest BCUT2D eigenvalue weighted by Crippen LogP contribution is 2.28. The van der Waals surface area contributed by atoms with Gasteiger partial charge in [-0.25, -0.2) is 0 Å². The Kier molecular flexibility index (Phi) is 4.72. The molecule has 1 fully saturated rings. The van der Waals surface area contributed by atoms with E-state index in [0.29, 0.717) is 17.8 Å². The highest BCUT2D eigenvalue weighted by molar-refractivity contribution is 4.88. The predicted molar refractivity (Wildman–Crippen MR) is 69.9 cm³/mol. The van der Waals surface area contributed by atoms with Gasteiger partial charge in [-0.05, 0) is 38.8 Å². The zero-order valence-corrected chi connectivity index (χ0v) is 11.4. The number of rotatable bonds is 5. The summed E-state index contributed by atoms with van der Waals surface area (Å²) in [6.07, 6.45) is 5.11. The van der Waals surface area contributed by atoms with E-state index >= 15 is 0 Å². The van der Waals surface area contributed by atoms with E-state index in [1.165, 1.54) is 25.7 Å². The standard InChI is InChI=1S/C13H24N4O/c1-3-17(9-13-15-10(2)16-18-13)12-7-5-4-6-11(12)8-14/h11-12H,3-9,14H2,1-2H3. The van der Waals surface area contributed by atoms with E-state index in [2.05, 4.69) is 22.0 Å². The zero-order chi connectivity index (χ0) is 13.0. The van der Waals surface area contributed by atoms with Gasteiger partial charge in [0.15, 0.2) is 5.82 Å². The van der Waals surface area contributed by atoms with Crippen molar-refractivity contribution in [2.75, 3.05) is 13.1 Å². The molecule has 1 aromatic heterocycles. The number of aromatic nitrogens is 2. The van der Waals surface area contributed by atoms with Gasteiger partial charge in [-0.3, -0.25) is 4.90 Å². The molecule has 0 radical (unpaired) electrons. The van der Waals surface area contributed by atoms with Crippen LogP contribution in [-0.4, -0.2) is 34.2 Å². The number of hydrogen-bond donors (Lipinski definition) is 1. The molecule has 2 N–H and O–H groups in total. The van der Waals surface area contributed by atoms with Crippen LogP contribution in [0.4, 0.5) is 0 Å². The minimum atomic E-state index is 0.570. The molecule has 0 amide bonds. The topological polar surface area (TPSA) is 68.2 Å². The lowest BCUT2D eigenvalue weighted by molar-refractivity contribution is 0.0942. The summed E-state index contributed by atoms with van der Waals surface area (Å²) in [6, 6.07) is 0.570. The summed E-state index contributed by atoms with van der Waals surface area (Å²) >= 11 is 0. The van der Waals surface area contributed by atoms with Gasteiger partial charge in [0.25, 0.3) is 0 Å². The van der Waals surface area contributed by atoms with E-state index in [9.17, 15) is 0 Å². The first-order valence-electron chi connectivity index (χ1n) is 6.98. The summed E-state index contributed by atoms with van der Waals surface area (Å²) in [5, 5.41) is 3.85. The molecule has 5 heteroatoms. The molecule has 0 saturated heterocycles. The van der Waals surface area contributed by atoms with E-state index < -0.39 is 0 Å². The van der Waals surface area contributed by atoms with Crippen LogP contribution < -0.4 is 5.73 Å². The monoisotopic (exact) mass is 252 g/mol. The molecule has 1 aromatic rings. The Balaban J connectivity index is 2.02. The van der Waals surface area contributed by atoms with Crippen LogP contribution in [0, 0.1) is 12.8 Å². The molecule has 0 aliphatic heterocycles. The van der Waals surface area contributed by atoms with Gasteiger partial charge < -0.3 is 10.3 Å². The van der Waals surface area contributed by atoms with Gasteiger partial charge in [-0.15, -0.1) is 0 Å². The lowest BCUT2D eigenvalue weighted by atomic mass is 9.83. The molecule has 18 heavy (non-hydrogen) atoms. The summed E-state index contributed by atoms with van der Waals surface area (Å²) in [7, 11) is 0. The van der Waals surface area contributed by atoms with Gasteiger partial charge in [-0.2, -0.15) is 4.98 Å². The molecule has 1 heterocycles. The third kappa shape index (κ3) is 3.09. The fraction of sp³-hybridized carbons (Fsp3) is 0.846. The van der Waals surface area contributed by atoms with Crippen LogP contribution in [0.1, 0.15) is 44.3 Å². The van der Waals surface area contributed by atoms with Crippen molar-refractivity contribution in [3.63, 3.8) is 0 Å². The van der Waals surface area contributed by atoms with E-state index in [1.54, 1.807) is 0 Å². The third-order valence-electron chi connectivity index (χ3n) is 3.95. The van der Waals surface area contributed by atoms with Gasteiger partial charge in [-0.1, -0.05) is 24.9 Å². The van der Waals surface area contributed by atoms with Crippen molar-refractivity contribution < 1.29 is 4.52 Å². The minimum Gasteiger partial charge on any atom is -0.338 e. The van der Waals surface area contributed by atoms with E-state index in [-0.39, 0.29) is 0 Å². The second kappa shape index (κ2) is 6.29. The number of nitrogens with two attached hydrogens (primary N) is 1. The van der Waals surface area contributed by atoms with Crippen LogP contribution in [0.15, 0.2) is 4.52 Å². The first kappa shape index (κ1) is 13.5. The van der Waals surface area contributed by atoms with Crippen molar-refractivity contribution in [3.8, 4) is 0 Å². The molecule has 0 aromatic carbocycles. The second-order valence-electron chi connectivity index (χ2n) is 5.15. The molecule has 5 nitrogen and oxygen atoms in total. The van der Waals surface area contributed by atoms with Crippen LogP contribution in [0.5, 0.6) is 0 Å². The number of nitrogens with zero attached hydrogens (tertiary/aromatic N) is 3. The molecule has 2 atom stereocenters. The average molecular weight is 252 g/mol. The van der Waals surface area contributed by atoms with Crippen molar-refractivity contribution >= 4 is 0 Å². The Morgan fingerprint density at radius 1 is 1.39 bits per heavy atom. The van der Waals surface area contributed by atoms with Crippen molar-refractivity contribution in [2.45, 2.75) is 52.1 Å². The van der Waals surface area contributed by atoms with Crippen molar-refractivity contribution in [1.29, 1.82) is 0 Å². The maximum absolute atomic E-state index is 5.91. The van der Waals surface area contributed by atoms with E-state index in [1.807, 2.05) is 6.92 Å². The maximum Gasteiger partial charge on any atom is 0.240 e. The lowest BCUT2D eigenvalue weighted by Crippen LogP contribution is -2.44. The van der Waals surface area contributed by atoms with Crippen molar-refractivity contribution in [2.24, 2.45) is 11.7 Å². The first-order chi connectivity index (χ1) is 8.74. The predicted octanol–water partition coefficient (Wildman–Crippen LogP) is 1.72. The Hall–Kier alpha value is -0.940. The first-order valence-corrected chi connectivity index (χ1v) is 6.98. The average Bonchev–Trinajstić information content (AvgIpc) is 2.81. The van der Waals surface area contributed by atoms with Crippen LogP contribution >= 0.6 is 0 Å². The van der Waals surface area contributed by atoms with Gasteiger partial charge in [0.2, 0.25) is 5.89 Å². The fourth-order valence-corrected chi connectivity index (χ4v) is 2.99. The minimum absolute atomic E-state index is 0.570. The molecule has 2 rings (SSSR count). The van der Waals surface area contributed by atoms with Gasteiger partial charge in [0.1, 0.15) is 0 Å². The molecule has 2 unspecified atom stereocenters. The van der Waals surface area contributed by atoms with Crippen LogP contribution in [0.3, 0.4) is 0 Å². The van der Waals surface area contributed by atoms with Gasteiger partial charge in [0, 0.05) is 6.04 Å². The third-order valence-corrected chi connectivity index (χ3v) is 3.95. The summed E-state index contributed by atoms with van der Waals surface area (Å²) < 4.78 is 5.22. The van der Waals surface area contributed by atoms with E-state index in [4.69, 9.17) is 10.3 Å². The molecule has 0 spiro atoms. The normalized spacial score (nSPS) is 24.7. The number of hydrogen-bond acceptors (Lipinski definition) is 5. The zero-order valence-electron chi connectivity index (χ0n) is 11.4. The molecule has 1 aliphatic carbocycles. The summed E-state index contributed by atoms with van der Waals surface area (Å²) in [5.41, 5.74) is 5.91. The largest absolute Gasteiger partial charge is 0.338 e. The SMILES string of the molecule is CCN(Cc1nc(C)no1)C1CCCCC1CN. The highest BCUT2D eigenvalue weighted by atomic mass is 16.5. The molecule has 0 bridgehead atoms. The Bertz CT molecular complexity index is 366. The Morgan fingerprint density at radius 2 is 2.17 bits per heavy atom. The van der Waals surface area contributed by atoms with Crippen molar-refractivity contribution in [3.05, 3.63) is 11.7 Å². The lowest BCUT2D eigenvalue weighted by Gasteiger charge is -2.38. The molecule has 102 valence electrons. The molecule has 1 saturated carbocycles. The second-order valence-corrected chi connectivity index (χ2v) is 5.15. The smallest absolute Gasteiger partial charge is 0.240 e. The van der Waals surface area contributed by atoms with Crippen LogP contribution in [0.2, 0.25) is 0 Å². The van der Waals surface area contributed by atoms with Gasteiger partial charge >= 0.3 is 0 Å². The van der Waals surface area contributed by atoms with E-state index in [0.717, 1.165) is 25.5 Å².